The first-order valence-electron chi connectivity index (χ1n) is 37.3. The van der Waals surface area contributed by atoms with Crippen LogP contribution in [0.2, 0.25) is 0 Å². The van der Waals surface area contributed by atoms with Crippen LogP contribution in [0.5, 0.6) is 11.5 Å². The van der Waals surface area contributed by atoms with Crippen LogP contribution in [-0.4, -0.2) is 37.4 Å². The van der Waals surface area contributed by atoms with Gasteiger partial charge in [-0.25, -0.2) is 0 Å². The van der Waals surface area contributed by atoms with Crippen molar-refractivity contribution >= 4 is 55.0 Å². The minimum Gasteiger partial charge on any atom is -0.494 e. The molecule has 0 spiro atoms. The van der Waals surface area contributed by atoms with Gasteiger partial charge in [0.2, 0.25) is 0 Å². The average Bonchev–Trinajstić information content (AvgIpc) is 0.726. The Balaban J connectivity index is 0.000000263. The summed E-state index contributed by atoms with van der Waals surface area (Å²) < 4.78 is 22.6. The molecule has 0 N–H and O–H groups in total. The standard InChI is InChI=1S/C54H74O3.C36H40O3/c1-7-13-15-23-33-54(32-14-8-2)35-34-53(11-5,12-6)50-40-47-39-45-37-43(26-27-44(45)38-46(47)41-51(50)54)42-28-30-49(31-29-42)56-36-24-21-19-17-16-18-20-22-25-52(55)57-48(9-3)10-4;1-3-34(4-2)39-36(37)17-11-9-7-5-6-8-10-14-24-38-35-22-20-28(21-23-35)31-18-19-32-25-29-15-12-13-16-30(29)26-33(32)27-31/h9-10,26-31,37-41,48H,3-4,7-8,11-25,32-36H2,1-2,5-6H3;3-4,12-13,15-16,18-23,25-27,34H,1-2,5-11,14,17,24H2. The van der Waals surface area contributed by atoms with Crippen LogP contribution in [0.25, 0.3) is 65.3 Å². The predicted octanol–water partition coefficient (Wildman–Crippen LogP) is 25.9. The second-order valence-electron chi connectivity index (χ2n) is 27.4. The second kappa shape index (κ2) is 39.5. The van der Waals surface area contributed by atoms with E-state index in [-0.39, 0.29) is 29.6 Å². The number of unbranched alkanes of at least 4 members (excludes halogenated alkanes) is 18. The smallest absolute Gasteiger partial charge is 0.306 e. The van der Waals surface area contributed by atoms with E-state index < -0.39 is 0 Å². The van der Waals surface area contributed by atoms with Crippen molar-refractivity contribution in [2.45, 2.75) is 243 Å². The van der Waals surface area contributed by atoms with Gasteiger partial charge in [0.25, 0.3) is 0 Å². The predicted molar refractivity (Wildman–Crippen MR) is 410 cm³/mol. The van der Waals surface area contributed by atoms with Crippen molar-refractivity contribution in [1.82, 2.24) is 0 Å². The first-order valence-corrected chi connectivity index (χ1v) is 37.3. The van der Waals surface area contributed by atoms with Crippen molar-refractivity contribution in [2.75, 3.05) is 13.2 Å². The minimum atomic E-state index is -0.381. The fraction of sp³-hybridized carbons (Fsp3) is 0.444. The van der Waals surface area contributed by atoms with Crippen molar-refractivity contribution in [3.63, 3.8) is 0 Å². The van der Waals surface area contributed by atoms with Crippen LogP contribution in [0.3, 0.4) is 0 Å². The van der Waals surface area contributed by atoms with E-state index in [4.69, 9.17) is 18.9 Å². The highest BCUT2D eigenvalue weighted by Crippen LogP contribution is 2.54. The summed E-state index contributed by atoms with van der Waals surface area (Å²) in [4.78, 5) is 23.6. The first kappa shape index (κ1) is 74.1. The molecule has 1 aliphatic rings. The summed E-state index contributed by atoms with van der Waals surface area (Å²) in [5, 5.41) is 10.5. The molecular formula is C90H114O6. The number of ether oxygens (including phenoxy) is 4. The molecule has 1 atom stereocenters. The van der Waals surface area contributed by atoms with Crippen molar-refractivity contribution < 1.29 is 28.5 Å². The number of fused-ring (bicyclic) bond motifs is 5. The molecule has 1 unspecified atom stereocenters. The van der Waals surface area contributed by atoms with Crippen molar-refractivity contribution in [3.8, 4) is 33.8 Å². The third-order valence-corrected chi connectivity index (χ3v) is 20.7. The van der Waals surface area contributed by atoms with Gasteiger partial charge in [-0.1, -0.05) is 255 Å². The molecule has 1 aliphatic carbocycles. The van der Waals surface area contributed by atoms with Crippen molar-refractivity contribution in [2.24, 2.45) is 0 Å². The maximum Gasteiger partial charge on any atom is 0.306 e. The zero-order valence-corrected chi connectivity index (χ0v) is 59.2. The molecule has 0 bridgehead atoms. The fourth-order valence-corrected chi connectivity index (χ4v) is 14.5. The molecule has 9 rings (SSSR count). The topological polar surface area (TPSA) is 71.1 Å². The molecule has 8 aromatic carbocycles. The minimum absolute atomic E-state index is 0.166. The molecule has 0 radical (unpaired) electrons. The highest BCUT2D eigenvalue weighted by Gasteiger charge is 2.44. The fourth-order valence-electron chi connectivity index (χ4n) is 14.5. The molecular weight excluding hydrogens is 1180 g/mol. The Kier molecular flexibility index (Phi) is 30.5. The maximum absolute atomic E-state index is 11.9. The molecule has 510 valence electrons. The number of rotatable bonds is 42. The number of benzene rings is 8. The van der Waals surface area contributed by atoms with Gasteiger partial charge in [-0.2, -0.15) is 0 Å². The lowest BCUT2D eigenvalue weighted by Gasteiger charge is -2.49. The van der Waals surface area contributed by atoms with Gasteiger partial charge in [0.1, 0.15) is 23.7 Å². The molecule has 96 heavy (non-hydrogen) atoms. The van der Waals surface area contributed by atoms with Crippen LogP contribution in [0.15, 0.2) is 196 Å². The van der Waals surface area contributed by atoms with Crippen LogP contribution in [-0.2, 0) is 29.9 Å². The van der Waals surface area contributed by atoms with Crippen molar-refractivity contribution in [3.05, 3.63) is 207 Å². The molecule has 8 aromatic rings. The van der Waals surface area contributed by atoms with Gasteiger partial charge in [-0.05, 0) is 236 Å². The van der Waals surface area contributed by atoms with Gasteiger partial charge in [-0.3, -0.25) is 9.59 Å². The quantitative estimate of drug-likeness (QED) is 0.0164. The molecule has 0 amide bonds. The largest absolute Gasteiger partial charge is 0.494 e. The van der Waals surface area contributed by atoms with Gasteiger partial charge in [0, 0.05) is 12.8 Å². The summed E-state index contributed by atoms with van der Waals surface area (Å²) in [6, 6.07) is 54.0. The average molecular weight is 1290 g/mol. The molecule has 0 aromatic heterocycles. The molecule has 0 aliphatic heterocycles. The van der Waals surface area contributed by atoms with E-state index in [0.29, 0.717) is 18.3 Å². The molecule has 0 fully saturated rings. The molecule has 6 heteroatoms. The van der Waals surface area contributed by atoms with Gasteiger partial charge in [-0.15, -0.1) is 0 Å². The van der Waals surface area contributed by atoms with E-state index in [9.17, 15) is 9.59 Å². The monoisotopic (exact) mass is 1290 g/mol. The Hall–Kier alpha value is -7.70. The number of hydrogen-bond donors (Lipinski definition) is 0. The van der Waals surface area contributed by atoms with Crippen LogP contribution in [0.4, 0.5) is 0 Å². The molecule has 6 nitrogen and oxygen atoms in total. The number of carbonyl (C=O) groups is 2. The maximum atomic E-state index is 11.9. The Morgan fingerprint density at radius 3 is 1.14 bits per heavy atom. The third-order valence-electron chi connectivity index (χ3n) is 20.7. The van der Waals surface area contributed by atoms with E-state index in [1.54, 1.807) is 35.4 Å². The molecule has 0 saturated carbocycles. The summed E-state index contributed by atoms with van der Waals surface area (Å²) in [6.07, 6.45) is 40.3. The van der Waals surface area contributed by atoms with Crippen LogP contribution in [0, 0.1) is 0 Å². The number of esters is 2. The Morgan fingerprint density at radius 2 is 0.708 bits per heavy atom. The summed E-state index contributed by atoms with van der Waals surface area (Å²) >= 11 is 0. The summed E-state index contributed by atoms with van der Waals surface area (Å²) in [7, 11) is 0. The van der Waals surface area contributed by atoms with E-state index in [1.165, 1.54) is 194 Å². The molecule has 0 saturated heterocycles. The van der Waals surface area contributed by atoms with E-state index in [0.717, 1.165) is 76.1 Å². The van der Waals surface area contributed by atoms with E-state index >= 15 is 0 Å². The third kappa shape index (κ3) is 21.7. The van der Waals surface area contributed by atoms with Crippen LogP contribution in [0.1, 0.15) is 231 Å². The SMILES string of the molecule is C=CC(C=C)OC(=O)CCCCCCCCCCOc1ccc(-c2ccc3cc4cc5c(cc4cc3c2)C(CC)(CC)CCC5(CCCC)CCCCCC)cc1.C=CC(C=C)OC(=O)CCCCCCCCCCOc1ccc(-c2ccc3cc4ccccc4cc3c2)cc1. The Labute approximate surface area is 578 Å². The van der Waals surface area contributed by atoms with E-state index in [1.807, 2.05) is 0 Å². The Bertz CT molecular complexity index is 3700. The Morgan fingerprint density at radius 1 is 0.365 bits per heavy atom. The summed E-state index contributed by atoms with van der Waals surface area (Å²) in [6.45, 7) is 25.6. The number of hydrogen-bond acceptors (Lipinski definition) is 6. The van der Waals surface area contributed by atoms with Gasteiger partial charge >= 0.3 is 11.9 Å². The lowest BCUT2D eigenvalue weighted by atomic mass is 9.55. The zero-order valence-electron chi connectivity index (χ0n) is 59.2. The van der Waals surface area contributed by atoms with Gasteiger partial charge < -0.3 is 18.9 Å². The summed E-state index contributed by atoms with van der Waals surface area (Å²) in [5.74, 6) is 1.53. The van der Waals surface area contributed by atoms with E-state index in [2.05, 4.69) is 200 Å². The van der Waals surface area contributed by atoms with Gasteiger partial charge in [0.15, 0.2) is 0 Å². The normalized spacial score (nSPS) is 14.1. The lowest BCUT2D eigenvalue weighted by Crippen LogP contribution is -2.40. The first-order chi connectivity index (χ1) is 47.0. The lowest BCUT2D eigenvalue weighted by molar-refractivity contribution is -0.146. The zero-order chi connectivity index (χ0) is 67.8. The van der Waals surface area contributed by atoms with Crippen LogP contribution >= 0.6 is 0 Å². The highest BCUT2D eigenvalue weighted by atomic mass is 16.5. The second-order valence-corrected chi connectivity index (χ2v) is 27.4. The highest BCUT2D eigenvalue weighted by molar-refractivity contribution is 6.01. The van der Waals surface area contributed by atoms with Gasteiger partial charge in [0.05, 0.1) is 13.2 Å². The number of carbonyl (C=O) groups excluding carboxylic acids is 2. The summed E-state index contributed by atoms with van der Waals surface area (Å²) in [5.41, 5.74) is 8.86. The van der Waals surface area contributed by atoms with Crippen molar-refractivity contribution in [1.29, 1.82) is 0 Å². The van der Waals surface area contributed by atoms with Crippen LogP contribution < -0.4 is 9.47 Å². The molecule has 0 heterocycles.